The zero-order chi connectivity index (χ0) is 18.1. The first-order valence-corrected chi connectivity index (χ1v) is 11.2. The number of nitrogens with one attached hydrogen (secondary N) is 1. The minimum atomic E-state index is -3.45. The molecule has 1 saturated heterocycles. The summed E-state index contributed by atoms with van der Waals surface area (Å²) in [6.45, 7) is 8.51. The summed E-state index contributed by atoms with van der Waals surface area (Å²) >= 11 is 0. The molecule has 0 bridgehead atoms. The van der Waals surface area contributed by atoms with Gasteiger partial charge in [-0.15, -0.1) is 0 Å². The molecule has 1 aromatic carbocycles. The predicted molar refractivity (Wildman–Crippen MR) is 103 cm³/mol. The monoisotopic (exact) mass is 368 g/mol. The summed E-state index contributed by atoms with van der Waals surface area (Å²) < 4.78 is 17.2. The van der Waals surface area contributed by atoms with Crippen LogP contribution in [0.4, 0.5) is 0 Å². The highest BCUT2D eigenvalue weighted by molar-refractivity contribution is 7.52. The summed E-state index contributed by atoms with van der Waals surface area (Å²) in [5, 5.41) is 3.34. The Bertz CT molecular complexity index is 533. The molecule has 2 unspecified atom stereocenters. The molecule has 0 saturated carbocycles. The lowest BCUT2D eigenvalue weighted by Crippen LogP contribution is -2.37. The van der Waals surface area contributed by atoms with E-state index in [4.69, 9.17) is 4.52 Å². The van der Waals surface area contributed by atoms with Gasteiger partial charge in [0.05, 0.1) is 12.3 Å². The maximum absolute atomic E-state index is 11.9. The Labute approximate surface area is 152 Å². The van der Waals surface area contributed by atoms with E-state index in [0.717, 1.165) is 32.6 Å². The van der Waals surface area contributed by atoms with Crippen molar-refractivity contribution in [2.45, 2.75) is 45.8 Å². The molecular formula is C19H33N2O3P. The Morgan fingerprint density at radius 1 is 1.32 bits per heavy atom. The first kappa shape index (κ1) is 20.6. The largest absolute Gasteiger partial charge is 0.329 e. The van der Waals surface area contributed by atoms with Crippen LogP contribution in [0.1, 0.15) is 38.7 Å². The van der Waals surface area contributed by atoms with Crippen molar-refractivity contribution in [1.82, 2.24) is 10.2 Å². The molecule has 6 heteroatoms. The van der Waals surface area contributed by atoms with Crippen LogP contribution in [-0.2, 0) is 15.6 Å². The van der Waals surface area contributed by atoms with Crippen LogP contribution in [0, 0.1) is 5.92 Å². The zero-order valence-electron chi connectivity index (χ0n) is 15.6. The standard InChI is InChI=1S/C19H33N2O3P/c1-3-17(2)24-25(22,23)14-11-20-15-18-9-12-21(13-10-18)16-19-7-5-4-6-8-19/h4-8,17-18,20H,3,9-16H2,1-2H3,(H,22,23). The van der Waals surface area contributed by atoms with E-state index >= 15 is 0 Å². The Balaban J connectivity index is 1.59. The maximum Gasteiger partial charge on any atom is 0.329 e. The van der Waals surface area contributed by atoms with Gasteiger partial charge in [-0.25, -0.2) is 0 Å². The Morgan fingerprint density at radius 3 is 2.64 bits per heavy atom. The number of nitrogens with zero attached hydrogens (tertiary/aromatic N) is 1. The van der Waals surface area contributed by atoms with E-state index in [1.54, 1.807) is 0 Å². The van der Waals surface area contributed by atoms with Gasteiger partial charge in [0.25, 0.3) is 0 Å². The Morgan fingerprint density at radius 2 is 2.00 bits per heavy atom. The van der Waals surface area contributed by atoms with Crippen LogP contribution in [0.15, 0.2) is 30.3 Å². The summed E-state index contributed by atoms with van der Waals surface area (Å²) in [5.74, 6) is 0.653. The summed E-state index contributed by atoms with van der Waals surface area (Å²) in [6.07, 6.45) is 3.13. The molecule has 142 valence electrons. The van der Waals surface area contributed by atoms with Gasteiger partial charge in [-0.05, 0) is 57.3 Å². The fourth-order valence-corrected chi connectivity index (χ4v) is 4.38. The number of piperidine rings is 1. The first-order chi connectivity index (χ1) is 12.0. The van der Waals surface area contributed by atoms with E-state index < -0.39 is 7.60 Å². The molecule has 1 aromatic rings. The van der Waals surface area contributed by atoms with E-state index in [1.165, 1.54) is 18.4 Å². The fourth-order valence-electron chi connectivity index (χ4n) is 3.13. The predicted octanol–water partition coefficient (Wildman–Crippen LogP) is 3.49. The van der Waals surface area contributed by atoms with Crippen molar-refractivity contribution in [3.63, 3.8) is 0 Å². The van der Waals surface area contributed by atoms with Crippen molar-refractivity contribution in [2.75, 3.05) is 32.3 Å². The van der Waals surface area contributed by atoms with E-state index in [2.05, 4.69) is 40.5 Å². The molecule has 2 rings (SSSR count). The summed E-state index contributed by atoms with van der Waals surface area (Å²) in [6, 6.07) is 10.6. The van der Waals surface area contributed by atoms with Gasteiger partial charge in [-0.2, -0.15) is 0 Å². The molecule has 0 aromatic heterocycles. The van der Waals surface area contributed by atoms with Crippen LogP contribution < -0.4 is 5.32 Å². The van der Waals surface area contributed by atoms with Crippen molar-refractivity contribution in [3.05, 3.63) is 35.9 Å². The average molecular weight is 368 g/mol. The average Bonchev–Trinajstić information content (AvgIpc) is 2.60. The van der Waals surface area contributed by atoms with Crippen LogP contribution >= 0.6 is 7.60 Å². The smallest absolute Gasteiger partial charge is 0.324 e. The second-order valence-corrected chi connectivity index (χ2v) is 9.03. The van der Waals surface area contributed by atoms with Crippen molar-refractivity contribution in [1.29, 1.82) is 0 Å². The van der Waals surface area contributed by atoms with E-state index in [-0.39, 0.29) is 12.3 Å². The van der Waals surface area contributed by atoms with Crippen molar-refractivity contribution in [3.8, 4) is 0 Å². The molecule has 1 fully saturated rings. The lowest BCUT2D eigenvalue weighted by molar-refractivity contribution is 0.174. The maximum atomic E-state index is 11.9. The molecule has 0 radical (unpaired) electrons. The Hall–Kier alpha value is -0.710. The number of rotatable bonds is 10. The number of likely N-dealkylation sites (tertiary alicyclic amines) is 1. The highest BCUT2D eigenvalue weighted by Crippen LogP contribution is 2.42. The number of hydrogen-bond acceptors (Lipinski definition) is 4. The van der Waals surface area contributed by atoms with Gasteiger partial charge < -0.3 is 14.7 Å². The second-order valence-electron chi connectivity index (χ2n) is 7.09. The van der Waals surface area contributed by atoms with E-state index in [1.807, 2.05) is 13.8 Å². The van der Waals surface area contributed by atoms with Gasteiger partial charge in [0.2, 0.25) is 0 Å². The van der Waals surface area contributed by atoms with Crippen LogP contribution in [0.25, 0.3) is 0 Å². The molecule has 25 heavy (non-hydrogen) atoms. The lowest BCUT2D eigenvalue weighted by Gasteiger charge is -2.32. The van der Waals surface area contributed by atoms with Gasteiger partial charge >= 0.3 is 7.60 Å². The van der Waals surface area contributed by atoms with Crippen LogP contribution in [0.5, 0.6) is 0 Å². The van der Waals surface area contributed by atoms with Gasteiger partial charge in [-0.3, -0.25) is 9.46 Å². The molecule has 0 spiro atoms. The second kappa shape index (κ2) is 10.4. The zero-order valence-corrected chi connectivity index (χ0v) is 16.5. The van der Waals surface area contributed by atoms with Crippen molar-refractivity contribution >= 4 is 7.60 Å². The third kappa shape index (κ3) is 8.02. The molecule has 0 amide bonds. The minimum absolute atomic E-state index is 0.162. The van der Waals surface area contributed by atoms with E-state index in [9.17, 15) is 9.46 Å². The van der Waals surface area contributed by atoms with Gasteiger partial charge in [0.15, 0.2) is 0 Å². The van der Waals surface area contributed by atoms with Crippen molar-refractivity contribution < 1.29 is 14.0 Å². The van der Waals surface area contributed by atoms with E-state index in [0.29, 0.717) is 12.5 Å². The van der Waals surface area contributed by atoms with Crippen LogP contribution in [0.2, 0.25) is 0 Å². The molecule has 5 nitrogen and oxygen atoms in total. The quantitative estimate of drug-likeness (QED) is 0.489. The van der Waals surface area contributed by atoms with Gasteiger partial charge in [0, 0.05) is 13.1 Å². The minimum Gasteiger partial charge on any atom is -0.324 e. The lowest BCUT2D eigenvalue weighted by atomic mass is 9.96. The molecule has 0 aliphatic carbocycles. The number of benzene rings is 1. The molecule has 1 aliphatic heterocycles. The fraction of sp³-hybridized carbons (Fsp3) is 0.684. The summed E-state index contributed by atoms with van der Waals surface area (Å²) in [4.78, 5) is 12.3. The SMILES string of the molecule is CCC(C)OP(=O)(O)CCNCC1CCN(Cc2ccccc2)CC1. The molecule has 2 atom stereocenters. The Kier molecular flexibility index (Phi) is 8.60. The summed E-state index contributed by atoms with van der Waals surface area (Å²) in [7, 11) is -3.45. The van der Waals surface area contributed by atoms with Crippen LogP contribution in [0.3, 0.4) is 0 Å². The first-order valence-electron chi connectivity index (χ1n) is 9.45. The topological polar surface area (TPSA) is 61.8 Å². The molecular weight excluding hydrogens is 335 g/mol. The molecule has 2 N–H and O–H groups in total. The molecule has 1 aliphatic rings. The normalized spacial score (nSPS) is 20.3. The highest BCUT2D eigenvalue weighted by atomic mass is 31.2. The van der Waals surface area contributed by atoms with Crippen molar-refractivity contribution in [2.24, 2.45) is 5.92 Å². The molecule has 1 heterocycles. The van der Waals surface area contributed by atoms with Gasteiger partial charge in [-0.1, -0.05) is 37.3 Å². The third-order valence-electron chi connectivity index (χ3n) is 4.88. The van der Waals surface area contributed by atoms with Gasteiger partial charge in [0.1, 0.15) is 0 Å². The third-order valence-corrected chi connectivity index (χ3v) is 6.36. The van der Waals surface area contributed by atoms with Crippen LogP contribution in [-0.4, -0.2) is 48.2 Å². The number of hydrogen-bond donors (Lipinski definition) is 2. The highest BCUT2D eigenvalue weighted by Gasteiger charge is 2.22. The summed E-state index contributed by atoms with van der Waals surface area (Å²) in [5.41, 5.74) is 1.37.